The molecule has 0 bridgehead atoms. The molecule has 0 aromatic heterocycles. The molecule has 1 aliphatic rings. The van der Waals surface area contributed by atoms with Crippen molar-refractivity contribution in [2.24, 2.45) is 0 Å². The highest BCUT2D eigenvalue weighted by atomic mass is 19.4. The highest BCUT2D eigenvalue weighted by Crippen LogP contribution is 2.50. The molecular formula is C14H13F3N2O4. The number of carbonyl (C=O) groups is 3. The number of hydrogen-bond acceptors (Lipinski definition) is 4. The van der Waals surface area contributed by atoms with E-state index in [1.54, 1.807) is 0 Å². The zero-order valence-electron chi connectivity index (χ0n) is 12.2. The van der Waals surface area contributed by atoms with Gasteiger partial charge in [-0.3, -0.25) is 14.5 Å². The lowest BCUT2D eigenvalue weighted by atomic mass is 9.82. The van der Waals surface area contributed by atoms with Crippen molar-refractivity contribution in [3.05, 3.63) is 24.3 Å². The van der Waals surface area contributed by atoms with Crippen LogP contribution in [0.2, 0.25) is 0 Å². The van der Waals surface area contributed by atoms with E-state index in [4.69, 9.17) is 0 Å². The van der Waals surface area contributed by atoms with Crippen LogP contribution in [-0.4, -0.2) is 36.6 Å². The summed E-state index contributed by atoms with van der Waals surface area (Å²) in [5.74, 6) is -3.01. The van der Waals surface area contributed by atoms with Gasteiger partial charge in [0.25, 0.3) is 0 Å². The van der Waals surface area contributed by atoms with Crippen LogP contribution in [0.5, 0.6) is 0 Å². The van der Waals surface area contributed by atoms with Crippen LogP contribution in [0.3, 0.4) is 0 Å². The number of ether oxygens (including phenoxy) is 1. The molecule has 1 aliphatic heterocycles. The first-order chi connectivity index (χ1) is 10.6. The van der Waals surface area contributed by atoms with E-state index in [0.717, 1.165) is 7.11 Å². The van der Waals surface area contributed by atoms with Gasteiger partial charge in [-0.25, -0.2) is 4.79 Å². The summed E-state index contributed by atoms with van der Waals surface area (Å²) in [6.07, 6.45) is -6.07. The summed E-state index contributed by atoms with van der Waals surface area (Å²) in [6.45, 7) is 1.17. The van der Waals surface area contributed by atoms with Crippen LogP contribution < -0.4 is 10.2 Å². The van der Waals surface area contributed by atoms with Gasteiger partial charge in [-0.05, 0) is 12.1 Å². The van der Waals surface area contributed by atoms with Gasteiger partial charge in [0, 0.05) is 6.92 Å². The quantitative estimate of drug-likeness (QED) is 0.678. The maximum absolute atomic E-state index is 13.5. The lowest BCUT2D eigenvalue weighted by Gasteiger charge is -2.50. The molecule has 1 heterocycles. The van der Waals surface area contributed by atoms with Crippen molar-refractivity contribution < 1.29 is 32.3 Å². The van der Waals surface area contributed by atoms with Crippen LogP contribution in [0.15, 0.2) is 24.3 Å². The van der Waals surface area contributed by atoms with Gasteiger partial charge in [0.15, 0.2) is 0 Å². The fourth-order valence-corrected chi connectivity index (χ4v) is 2.48. The summed E-state index contributed by atoms with van der Waals surface area (Å²) in [7, 11) is 0.816. The summed E-state index contributed by atoms with van der Waals surface area (Å²) >= 11 is 0. The molecule has 1 saturated heterocycles. The van der Waals surface area contributed by atoms with Gasteiger partial charge in [0.2, 0.25) is 17.4 Å². The molecule has 1 N–H and O–H groups in total. The second-order valence-electron chi connectivity index (χ2n) is 4.95. The van der Waals surface area contributed by atoms with E-state index >= 15 is 0 Å². The van der Waals surface area contributed by atoms with Crippen molar-refractivity contribution >= 4 is 29.2 Å². The molecule has 2 rings (SSSR count). The third kappa shape index (κ3) is 2.51. The first-order valence-corrected chi connectivity index (χ1v) is 6.50. The van der Waals surface area contributed by atoms with Crippen molar-refractivity contribution in [1.82, 2.24) is 0 Å². The van der Waals surface area contributed by atoms with Crippen molar-refractivity contribution in [3.8, 4) is 0 Å². The maximum atomic E-state index is 13.5. The monoisotopic (exact) mass is 330 g/mol. The molecule has 1 unspecified atom stereocenters. The number of carbonyl (C=O) groups excluding carboxylic acids is 3. The van der Waals surface area contributed by atoms with Crippen LogP contribution in [-0.2, 0) is 19.1 Å². The van der Waals surface area contributed by atoms with Crippen LogP contribution in [0.1, 0.15) is 13.3 Å². The Morgan fingerprint density at radius 3 is 2.39 bits per heavy atom. The minimum Gasteiger partial charge on any atom is -0.467 e. The SMILES string of the molecule is COC(=O)C1(C(F)(F)F)CC(=O)N1c1ccccc1NC(C)=O. The lowest BCUT2D eigenvalue weighted by molar-refractivity contribution is -0.217. The van der Waals surface area contributed by atoms with Crippen LogP contribution in [0, 0.1) is 0 Å². The summed E-state index contributed by atoms with van der Waals surface area (Å²) in [5.41, 5.74) is -3.32. The Kier molecular flexibility index (Phi) is 4.06. The maximum Gasteiger partial charge on any atom is 0.423 e. The summed E-state index contributed by atoms with van der Waals surface area (Å²) in [5, 5.41) is 2.34. The van der Waals surface area contributed by atoms with E-state index in [-0.39, 0.29) is 11.4 Å². The molecule has 23 heavy (non-hydrogen) atoms. The lowest BCUT2D eigenvalue weighted by Crippen LogP contribution is -2.75. The van der Waals surface area contributed by atoms with E-state index < -0.39 is 35.9 Å². The number of halogens is 3. The van der Waals surface area contributed by atoms with E-state index in [0.29, 0.717) is 4.90 Å². The standard InChI is InChI=1S/C14H13F3N2O4/c1-8(20)18-9-5-3-4-6-10(9)19-11(21)7-13(19,12(22)23-2)14(15,16)17/h3-6H,7H2,1-2H3,(H,18,20). The molecule has 0 spiro atoms. The highest BCUT2D eigenvalue weighted by Gasteiger charge is 2.74. The molecule has 1 fully saturated rings. The second-order valence-corrected chi connectivity index (χ2v) is 4.95. The molecule has 1 atom stereocenters. The second kappa shape index (κ2) is 5.56. The number of alkyl halides is 3. The minimum absolute atomic E-state index is 0.00872. The number of para-hydroxylation sites is 2. The van der Waals surface area contributed by atoms with Crippen molar-refractivity contribution in [2.45, 2.75) is 25.1 Å². The number of β-lactam (4-membered cyclic amide) rings is 1. The first kappa shape index (κ1) is 16.8. The molecule has 0 radical (unpaired) electrons. The zero-order chi connectivity index (χ0) is 17.4. The molecular weight excluding hydrogens is 317 g/mol. The number of nitrogens with zero attached hydrogens (tertiary/aromatic N) is 1. The van der Waals surface area contributed by atoms with E-state index in [1.807, 2.05) is 0 Å². The molecule has 9 heteroatoms. The Labute approximate surface area is 129 Å². The predicted octanol–water partition coefficient (Wildman–Crippen LogP) is 1.86. The average molecular weight is 330 g/mol. The number of rotatable bonds is 3. The van der Waals surface area contributed by atoms with Gasteiger partial charge in [-0.15, -0.1) is 0 Å². The van der Waals surface area contributed by atoms with Crippen molar-refractivity contribution in [1.29, 1.82) is 0 Å². The van der Waals surface area contributed by atoms with Gasteiger partial charge in [0.1, 0.15) is 0 Å². The van der Waals surface area contributed by atoms with E-state index in [9.17, 15) is 27.6 Å². The third-order valence-electron chi connectivity index (χ3n) is 3.49. The molecule has 2 amide bonds. The number of anilines is 2. The fraction of sp³-hybridized carbons (Fsp3) is 0.357. The molecule has 1 aromatic carbocycles. The van der Waals surface area contributed by atoms with Gasteiger partial charge < -0.3 is 10.1 Å². The summed E-state index contributed by atoms with van der Waals surface area (Å²) in [6, 6.07) is 5.42. The Bertz CT molecular complexity index is 674. The fourth-order valence-electron chi connectivity index (χ4n) is 2.48. The Balaban J connectivity index is 2.59. The Morgan fingerprint density at radius 1 is 1.30 bits per heavy atom. The molecule has 0 saturated carbocycles. The smallest absolute Gasteiger partial charge is 0.423 e. The van der Waals surface area contributed by atoms with Gasteiger partial charge in [-0.2, -0.15) is 13.2 Å². The number of benzene rings is 1. The van der Waals surface area contributed by atoms with Crippen LogP contribution in [0.4, 0.5) is 24.5 Å². The van der Waals surface area contributed by atoms with E-state index in [1.165, 1.54) is 31.2 Å². The largest absolute Gasteiger partial charge is 0.467 e. The van der Waals surface area contributed by atoms with Gasteiger partial charge in [0.05, 0.1) is 24.9 Å². The number of amides is 2. The summed E-state index contributed by atoms with van der Waals surface area (Å²) < 4.78 is 44.8. The zero-order valence-corrected chi connectivity index (χ0v) is 12.2. The average Bonchev–Trinajstić information content (AvgIpc) is 2.43. The third-order valence-corrected chi connectivity index (χ3v) is 3.49. The van der Waals surface area contributed by atoms with E-state index in [2.05, 4.69) is 10.1 Å². The first-order valence-electron chi connectivity index (χ1n) is 6.50. The van der Waals surface area contributed by atoms with Crippen molar-refractivity contribution in [3.63, 3.8) is 0 Å². The highest BCUT2D eigenvalue weighted by molar-refractivity contribution is 6.15. The molecule has 6 nitrogen and oxygen atoms in total. The van der Waals surface area contributed by atoms with Crippen molar-refractivity contribution in [2.75, 3.05) is 17.3 Å². The number of nitrogens with one attached hydrogen (secondary N) is 1. The topological polar surface area (TPSA) is 75.7 Å². The molecule has 1 aromatic rings. The van der Waals surface area contributed by atoms with Gasteiger partial charge >= 0.3 is 12.1 Å². The Hall–Kier alpha value is -2.58. The number of methoxy groups -OCH3 is 1. The van der Waals surface area contributed by atoms with Gasteiger partial charge in [-0.1, -0.05) is 12.1 Å². The Morgan fingerprint density at radius 2 is 1.91 bits per heavy atom. The number of esters is 1. The van der Waals surface area contributed by atoms with Crippen LogP contribution >= 0.6 is 0 Å². The molecule has 0 aliphatic carbocycles. The minimum atomic E-state index is -5.03. The van der Waals surface area contributed by atoms with Crippen LogP contribution in [0.25, 0.3) is 0 Å². The number of hydrogen-bond donors (Lipinski definition) is 1. The predicted molar refractivity (Wildman–Crippen MR) is 73.7 cm³/mol. The molecule has 124 valence electrons. The normalized spacial score (nSPS) is 20.7. The summed E-state index contributed by atoms with van der Waals surface area (Å²) in [4.78, 5) is 35.2.